The van der Waals surface area contributed by atoms with E-state index in [4.69, 9.17) is 5.11 Å². The Balaban J connectivity index is 2.85. The molecule has 1 amide bonds. The van der Waals surface area contributed by atoms with E-state index >= 15 is 0 Å². The summed E-state index contributed by atoms with van der Waals surface area (Å²) in [6.45, 7) is 0. The fourth-order valence-corrected chi connectivity index (χ4v) is 1.17. The van der Waals surface area contributed by atoms with Crippen molar-refractivity contribution in [2.24, 2.45) is 10.9 Å². The van der Waals surface area contributed by atoms with Crippen LogP contribution in [-0.4, -0.2) is 34.6 Å². The largest absolute Gasteiger partial charge is 0.460 e. The van der Waals surface area contributed by atoms with Crippen LogP contribution < -0.4 is 5.73 Å². The third-order valence-electron chi connectivity index (χ3n) is 1.99. The molecule has 0 aromatic heterocycles. The van der Waals surface area contributed by atoms with Gasteiger partial charge in [0, 0.05) is 0 Å². The van der Waals surface area contributed by atoms with Gasteiger partial charge in [0.15, 0.2) is 0 Å². The molecule has 17 heavy (non-hydrogen) atoms. The number of primary amides is 1. The summed E-state index contributed by atoms with van der Waals surface area (Å²) in [6, 6.07) is 0. The number of amides is 1. The summed E-state index contributed by atoms with van der Waals surface area (Å²) in [5, 5.41) is 11.9. The lowest BCUT2D eigenvalue weighted by atomic mass is 10.0. The van der Waals surface area contributed by atoms with E-state index in [-0.39, 0.29) is 0 Å². The minimum atomic E-state index is -6.00. The van der Waals surface area contributed by atoms with Gasteiger partial charge >= 0.3 is 17.9 Å². The van der Waals surface area contributed by atoms with E-state index in [1.54, 1.807) is 0 Å². The third-order valence-corrected chi connectivity index (χ3v) is 1.99. The van der Waals surface area contributed by atoms with Crippen LogP contribution in [-0.2, 0) is 9.63 Å². The molecule has 1 aliphatic rings. The van der Waals surface area contributed by atoms with E-state index in [0.717, 1.165) is 0 Å². The second kappa shape index (κ2) is 3.79. The fourth-order valence-electron chi connectivity index (χ4n) is 1.17. The summed E-state index contributed by atoms with van der Waals surface area (Å²) in [5.74, 6) is -10.3. The number of aliphatic hydroxyl groups is 1. The van der Waals surface area contributed by atoms with Gasteiger partial charge < -0.3 is 15.7 Å². The van der Waals surface area contributed by atoms with E-state index in [2.05, 4.69) is 15.7 Å². The van der Waals surface area contributed by atoms with Gasteiger partial charge in [-0.25, -0.2) is 0 Å². The first-order valence-electron chi connectivity index (χ1n) is 4.19. The topological polar surface area (TPSA) is 84.9 Å². The van der Waals surface area contributed by atoms with Crippen LogP contribution >= 0.6 is 0 Å². The van der Waals surface area contributed by atoms with Gasteiger partial charge in [-0.05, 0) is 0 Å². The molecule has 1 unspecified atom stereocenters. The monoisotopic (exact) mass is 262 g/mol. The SMILES string of the molecule is NC(=O)CC1=NOC(O)(C(F)(F)C(F)(F)F)C1. The summed E-state index contributed by atoms with van der Waals surface area (Å²) in [6.07, 6.45) is -7.92. The molecule has 1 rings (SSSR count). The average molecular weight is 262 g/mol. The van der Waals surface area contributed by atoms with Crippen LogP contribution in [0.4, 0.5) is 22.0 Å². The van der Waals surface area contributed by atoms with Gasteiger partial charge in [0.1, 0.15) is 0 Å². The molecule has 0 aromatic carbocycles. The van der Waals surface area contributed by atoms with Crippen LogP contribution in [0.5, 0.6) is 0 Å². The Morgan fingerprint density at radius 2 is 2.00 bits per heavy atom. The van der Waals surface area contributed by atoms with Crippen LogP contribution in [0.1, 0.15) is 12.8 Å². The van der Waals surface area contributed by atoms with Gasteiger partial charge in [-0.15, -0.1) is 0 Å². The van der Waals surface area contributed by atoms with E-state index in [1.165, 1.54) is 0 Å². The van der Waals surface area contributed by atoms with Gasteiger partial charge in [0.25, 0.3) is 0 Å². The molecular weight excluding hydrogens is 255 g/mol. The molecule has 3 N–H and O–H groups in total. The van der Waals surface area contributed by atoms with Crippen molar-refractivity contribution in [2.45, 2.75) is 30.7 Å². The predicted molar refractivity (Wildman–Crippen MR) is 42.9 cm³/mol. The van der Waals surface area contributed by atoms with Crippen molar-refractivity contribution in [1.29, 1.82) is 0 Å². The quantitative estimate of drug-likeness (QED) is 0.727. The maximum atomic E-state index is 12.8. The minimum Gasteiger partial charge on any atom is -0.369 e. The van der Waals surface area contributed by atoms with Gasteiger partial charge in [0.05, 0.1) is 18.6 Å². The lowest BCUT2D eigenvalue weighted by molar-refractivity contribution is -0.398. The van der Waals surface area contributed by atoms with Gasteiger partial charge in [0.2, 0.25) is 5.91 Å². The van der Waals surface area contributed by atoms with Crippen molar-refractivity contribution in [3.05, 3.63) is 0 Å². The van der Waals surface area contributed by atoms with E-state index in [1.807, 2.05) is 0 Å². The summed E-state index contributed by atoms with van der Waals surface area (Å²) in [5.41, 5.74) is 4.21. The van der Waals surface area contributed by atoms with E-state index < -0.39 is 42.3 Å². The Hall–Kier alpha value is -1.45. The summed E-state index contributed by atoms with van der Waals surface area (Å²) < 4.78 is 61.6. The van der Waals surface area contributed by atoms with Crippen molar-refractivity contribution in [3.8, 4) is 0 Å². The zero-order valence-corrected chi connectivity index (χ0v) is 8.09. The highest BCUT2D eigenvalue weighted by Gasteiger charge is 2.74. The Morgan fingerprint density at radius 3 is 2.41 bits per heavy atom. The fraction of sp³-hybridized carbons (Fsp3) is 0.714. The molecule has 10 heteroatoms. The number of halogens is 5. The Labute approximate surface area is 91.0 Å². The van der Waals surface area contributed by atoms with Crippen LogP contribution in [0.3, 0.4) is 0 Å². The Bertz CT molecular complexity index is 367. The molecule has 0 aliphatic carbocycles. The number of hydrogen-bond donors (Lipinski definition) is 2. The molecule has 0 bridgehead atoms. The number of nitrogens with two attached hydrogens (primary N) is 1. The summed E-state index contributed by atoms with van der Waals surface area (Å²) in [4.78, 5) is 14.1. The highest BCUT2D eigenvalue weighted by Crippen LogP contribution is 2.47. The van der Waals surface area contributed by atoms with E-state index in [9.17, 15) is 26.7 Å². The molecule has 0 saturated carbocycles. The molecule has 1 atom stereocenters. The number of oxime groups is 1. The molecule has 0 fully saturated rings. The highest BCUT2D eigenvalue weighted by molar-refractivity contribution is 6.01. The summed E-state index contributed by atoms with van der Waals surface area (Å²) >= 11 is 0. The maximum absolute atomic E-state index is 12.8. The van der Waals surface area contributed by atoms with Gasteiger partial charge in [-0.1, -0.05) is 5.16 Å². The molecule has 5 nitrogen and oxygen atoms in total. The number of hydrogen-bond acceptors (Lipinski definition) is 4. The molecule has 0 spiro atoms. The van der Waals surface area contributed by atoms with Crippen LogP contribution in [0.15, 0.2) is 5.16 Å². The zero-order valence-electron chi connectivity index (χ0n) is 8.09. The first-order chi connectivity index (χ1) is 7.49. The number of carbonyl (C=O) groups excluding carboxylic acids is 1. The predicted octanol–water partition coefficient (Wildman–Crippen LogP) is 0.524. The van der Waals surface area contributed by atoms with Crippen LogP contribution in [0.2, 0.25) is 0 Å². The maximum Gasteiger partial charge on any atom is 0.460 e. The zero-order chi connectivity index (χ0) is 13.5. The lowest BCUT2D eigenvalue weighted by Gasteiger charge is -2.30. The van der Waals surface area contributed by atoms with Crippen LogP contribution in [0.25, 0.3) is 0 Å². The molecular formula is C7H7F5N2O3. The first kappa shape index (κ1) is 13.6. The van der Waals surface area contributed by atoms with Crippen LogP contribution in [0, 0.1) is 0 Å². The first-order valence-corrected chi connectivity index (χ1v) is 4.19. The molecule has 1 aliphatic heterocycles. The minimum absolute atomic E-state index is 0.482. The van der Waals surface area contributed by atoms with E-state index in [0.29, 0.717) is 0 Å². The number of alkyl halides is 5. The highest BCUT2D eigenvalue weighted by atomic mass is 19.4. The van der Waals surface area contributed by atoms with Crippen molar-refractivity contribution in [1.82, 2.24) is 0 Å². The van der Waals surface area contributed by atoms with Gasteiger partial charge in [-0.2, -0.15) is 22.0 Å². The Morgan fingerprint density at radius 1 is 1.47 bits per heavy atom. The normalized spacial score (nSPS) is 25.4. The number of nitrogens with zero attached hydrogens (tertiary/aromatic N) is 1. The van der Waals surface area contributed by atoms with Crippen molar-refractivity contribution in [3.63, 3.8) is 0 Å². The third kappa shape index (κ3) is 2.30. The van der Waals surface area contributed by atoms with Crippen molar-refractivity contribution in [2.75, 3.05) is 0 Å². The molecule has 98 valence electrons. The standard InChI is InChI=1S/C7H7F5N2O3/c8-6(9,7(10,11)12)5(16)2-3(14-17-5)1-4(13)15/h16H,1-2H2,(H2,13,15). The van der Waals surface area contributed by atoms with Crippen molar-refractivity contribution < 1.29 is 36.7 Å². The second-order valence-corrected chi connectivity index (χ2v) is 3.43. The smallest absolute Gasteiger partial charge is 0.369 e. The molecule has 0 radical (unpaired) electrons. The van der Waals surface area contributed by atoms with Crippen molar-refractivity contribution >= 4 is 11.6 Å². The Kier molecular flexibility index (Phi) is 3.04. The average Bonchev–Trinajstić information content (AvgIpc) is 2.45. The number of rotatable bonds is 3. The number of carbonyl (C=O) groups is 1. The molecule has 1 heterocycles. The van der Waals surface area contributed by atoms with Gasteiger partial charge in [-0.3, -0.25) is 4.79 Å². The summed E-state index contributed by atoms with van der Waals surface area (Å²) in [7, 11) is 0. The lowest BCUT2D eigenvalue weighted by Crippen LogP contribution is -2.57. The second-order valence-electron chi connectivity index (χ2n) is 3.43. The molecule has 0 saturated heterocycles. The molecule has 0 aromatic rings.